The van der Waals surface area contributed by atoms with Gasteiger partial charge < -0.3 is 4.90 Å². The lowest BCUT2D eigenvalue weighted by molar-refractivity contribution is 0.383. The monoisotopic (exact) mass is 374 g/mol. The van der Waals surface area contributed by atoms with Crippen molar-refractivity contribution < 1.29 is 8.42 Å². The van der Waals surface area contributed by atoms with Crippen LogP contribution in [0.25, 0.3) is 0 Å². The molecule has 1 aromatic carbocycles. The Morgan fingerprint density at radius 1 is 1.04 bits per heavy atom. The molecule has 1 aromatic heterocycles. The van der Waals surface area contributed by atoms with E-state index in [9.17, 15) is 8.42 Å². The zero-order valence-corrected chi connectivity index (χ0v) is 16.4. The molecule has 0 amide bonds. The topological polar surface area (TPSA) is 66.4 Å². The van der Waals surface area contributed by atoms with Gasteiger partial charge in [0.2, 0.25) is 10.0 Å². The van der Waals surface area contributed by atoms with E-state index < -0.39 is 10.0 Å². The second-order valence-corrected chi connectivity index (χ2v) is 9.15. The summed E-state index contributed by atoms with van der Waals surface area (Å²) in [6.07, 6.45) is 5.99. The summed E-state index contributed by atoms with van der Waals surface area (Å²) < 4.78 is 27.4. The van der Waals surface area contributed by atoms with E-state index in [2.05, 4.69) is 35.6 Å². The second kappa shape index (κ2) is 7.32. The van der Waals surface area contributed by atoms with Crippen LogP contribution in [0.15, 0.2) is 47.8 Å². The third-order valence-electron chi connectivity index (χ3n) is 5.27. The quantitative estimate of drug-likeness (QED) is 0.805. The van der Waals surface area contributed by atoms with Crippen LogP contribution in [0.5, 0.6) is 0 Å². The van der Waals surface area contributed by atoms with E-state index in [1.165, 1.54) is 0 Å². The lowest BCUT2D eigenvalue weighted by Gasteiger charge is -2.34. The summed E-state index contributed by atoms with van der Waals surface area (Å²) in [5, 5.41) is 0. The summed E-state index contributed by atoms with van der Waals surface area (Å²) in [6.45, 7) is 8.59. The van der Waals surface area contributed by atoms with Crippen LogP contribution in [0, 0.1) is 0 Å². The van der Waals surface area contributed by atoms with Gasteiger partial charge in [-0.3, -0.25) is 4.98 Å². The third kappa shape index (κ3) is 3.73. The number of nitrogens with zero attached hydrogens (tertiary/aromatic N) is 4. The van der Waals surface area contributed by atoms with Crippen molar-refractivity contribution in [2.75, 3.05) is 31.1 Å². The first-order valence-electron chi connectivity index (χ1n) is 8.96. The Hall–Kier alpha value is -1.99. The Balaban J connectivity index is 1.71. The summed E-state index contributed by atoms with van der Waals surface area (Å²) in [5.41, 5.74) is 1.20. The van der Waals surface area contributed by atoms with E-state index in [0.717, 1.165) is 17.8 Å². The highest BCUT2D eigenvalue weighted by atomic mass is 32.2. The third-order valence-corrected chi connectivity index (χ3v) is 7.18. The van der Waals surface area contributed by atoms with Gasteiger partial charge in [0.15, 0.2) is 0 Å². The molecule has 2 aromatic rings. The fourth-order valence-corrected chi connectivity index (χ4v) is 4.47. The van der Waals surface area contributed by atoms with Crippen LogP contribution in [-0.2, 0) is 15.4 Å². The number of piperazine rings is 1. The lowest BCUT2D eigenvalue weighted by atomic mass is 9.82. The molecule has 0 aliphatic carbocycles. The average Bonchev–Trinajstić information content (AvgIpc) is 2.69. The number of hydrogen-bond acceptors (Lipinski definition) is 5. The normalized spacial score (nSPS) is 16.7. The first kappa shape index (κ1) is 18.8. The Bertz CT molecular complexity index is 828. The summed E-state index contributed by atoms with van der Waals surface area (Å²) in [4.78, 5) is 10.8. The van der Waals surface area contributed by atoms with Crippen LogP contribution >= 0.6 is 0 Å². The van der Waals surface area contributed by atoms with Gasteiger partial charge in [0.25, 0.3) is 0 Å². The van der Waals surface area contributed by atoms with Crippen molar-refractivity contribution in [2.45, 2.75) is 37.5 Å². The standard InChI is InChI=1S/C19H26N4O2S/c1-4-19(2,3)16-5-7-17(8-6-16)26(24,25)23-13-11-22(12-14-23)18-15-20-9-10-21-18/h5-10,15H,4,11-14H2,1-3H3. The molecule has 1 aliphatic heterocycles. The van der Waals surface area contributed by atoms with Crippen molar-refractivity contribution in [1.82, 2.24) is 14.3 Å². The maximum atomic E-state index is 12.9. The molecular weight excluding hydrogens is 348 g/mol. The van der Waals surface area contributed by atoms with E-state index >= 15 is 0 Å². The minimum absolute atomic E-state index is 0.0463. The SMILES string of the molecule is CCC(C)(C)c1ccc(S(=O)(=O)N2CCN(c3cnccn3)CC2)cc1. The molecule has 6 nitrogen and oxygen atoms in total. The van der Waals surface area contributed by atoms with Gasteiger partial charge in [-0.1, -0.05) is 32.9 Å². The summed E-state index contributed by atoms with van der Waals surface area (Å²) in [6, 6.07) is 7.34. The molecule has 0 radical (unpaired) electrons. The molecular formula is C19H26N4O2S. The molecule has 1 saturated heterocycles. The van der Waals surface area contributed by atoms with Crippen LogP contribution in [0.3, 0.4) is 0 Å². The average molecular weight is 375 g/mol. The van der Waals surface area contributed by atoms with Crippen molar-refractivity contribution in [3.8, 4) is 0 Å². The fraction of sp³-hybridized carbons (Fsp3) is 0.474. The molecule has 0 atom stereocenters. The number of aromatic nitrogens is 2. The first-order valence-corrected chi connectivity index (χ1v) is 10.4. The van der Waals surface area contributed by atoms with Gasteiger partial charge in [0.05, 0.1) is 11.1 Å². The molecule has 0 N–H and O–H groups in total. The van der Waals surface area contributed by atoms with Crippen molar-refractivity contribution in [3.05, 3.63) is 48.4 Å². The Morgan fingerprint density at radius 3 is 2.23 bits per heavy atom. The van der Waals surface area contributed by atoms with E-state index in [0.29, 0.717) is 31.1 Å². The van der Waals surface area contributed by atoms with E-state index in [1.54, 1.807) is 35.0 Å². The Kier molecular flexibility index (Phi) is 5.29. The maximum Gasteiger partial charge on any atom is 0.243 e. The van der Waals surface area contributed by atoms with Crippen molar-refractivity contribution in [3.63, 3.8) is 0 Å². The predicted octanol–water partition coefficient (Wildman–Crippen LogP) is 2.68. The van der Waals surface area contributed by atoms with E-state index in [1.807, 2.05) is 12.1 Å². The minimum atomic E-state index is -3.47. The molecule has 2 heterocycles. The zero-order valence-electron chi connectivity index (χ0n) is 15.6. The molecule has 140 valence electrons. The number of rotatable bonds is 5. The fourth-order valence-electron chi connectivity index (χ4n) is 3.04. The number of hydrogen-bond donors (Lipinski definition) is 0. The van der Waals surface area contributed by atoms with Gasteiger partial charge in [-0.2, -0.15) is 4.31 Å². The highest BCUT2D eigenvalue weighted by Gasteiger charge is 2.29. The van der Waals surface area contributed by atoms with E-state index in [-0.39, 0.29) is 5.41 Å². The molecule has 0 unspecified atom stereocenters. The molecule has 0 bridgehead atoms. The molecule has 1 aliphatic rings. The van der Waals surface area contributed by atoms with Gasteiger partial charge in [-0.25, -0.2) is 13.4 Å². The maximum absolute atomic E-state index is 12.9. The predicted molar refractivity (Wildman–Crippen MR) is 103 cm³/mol. The molecule has 3 rings (SSSR count). The molecule has 26 heavy (non-hydrogen) atoms. The zero-order chi connectivity index (χ0) is 18.8. The van der Waals surface area contributed by atoms with Crippen LogP contribution in [0.4, 0.5) is 5.82 Å². The highest BCUT2D eigenvalue weighted by molar-refractivity contribution is 7.89. The number of anilines is 1. The molecule has 7 heteroatoms. The summed E-state index contributed by atoms with van der Waals surface area (Å²) in [7, 11) is -3.47. The number of benzene rings is 1. The van der Waals surface area contributed by atoms with Crippen molar-refractivity contribution in [1.29, 1.82) is 0 Å². The molecule has 1 fully saturated rings. The van der Waals surface area contributed by atoms with Gasteiger partial charge in [0, 0.05) is 38.6 Å². The van der Waals surface area contributed by atoms with Gasteiger partial charge in [0.1, 0.15) is 5.82 Å². The van der Waals surface area contributed by atoms with Crippen LogP contribution in [0.1, 0.15) is 32.8 Å². The highest BCUT2D eigenvalue weighted by Crippen LogP contribution is 2.28. The number of sulfonamides is 1. The summed E-state index contributed by atoms with van der Waals surface area (Å²) >= 11 is 0. The van der Waals surface area contributed by atoms with Crippen LogP contribution < -0.4 is 4.90 Å². The van der Waals surface area contributed by atoms with E-state index in [4.69, 9.17) is 0 Å². The van der Waals surface area contributed by atoms with Crippen LogP contribution in [-0.4, -0.2) is 48.9 Å². The van der Waals surface area contributed by atoms with Crippen LogP contribution in [0.2, 0.25) is 0 Å². The smallest absolute Gasteiger partial charge is 0.243 e. The molecule has 0 saturated carbocycles. The Labute approximate surface area is 155 Å². The van der Waals surface area contributed by atoms with Crippen molar-refractivity contribution >= 4 is 15.8 Å². The summed E-state index contributed by atoms with van der Waals surface area (Å²) in [5.74, 6) is 0.788. The van der Waals surface area contributed by atoms with Gasteiger partial charge in [-0.15, -0.1) is 0 Å². The van der Waals surface area contributed by atoms with Gasteiger partial charge >= 0.3 is 0 Å². The lowest BCUT2D eigenvalue weighted by Crippen LogP contribution is -2.48. The minimum Gasteiger partial charge on any atom is -0.353 e. The molecule has 0 spiro atoms. The largest absolute Gasteiger partial charge is 0.353 e. The second-order valence-electron chi connectivity index (χ2n) is 7.22. The Morgan fingerprint density at radius 2 is 1.69 bits per heavy atom. The first-order chi connectivity index (χ1) is 12.3. The van der Waals surface area contributed by atoms with Gasteiger partial charge in [-0.05, 0) is 29.5 Å². The van der Waals surface area contributed by atoms with Crippen molar-refractivity contribution in [2.24, 2.45) is 0 Å².